The van der Waals surface area contributed by atoms with Gasteiger partial charge < -0.3 is 0 Å². The van der Waals surface area contributed by atoms with Crippen molar-refractivity contribution in [1.82, 2.24) is 14.7 Å². The van der Waals surface area contributed by atoms with E-state index < -0.39 is 15.9 Å². The summed E-state index contributed by atoms with van der Waals surface area (Å²) in [6.45, 7) is 1.90. The summed E-state index contributed by atoms with van der Waals surface area (Å²) in [4.78, 5) is 21.1. The molecule has 0 aliphatic heterocycles. The summed E-state index contributed by atoms with van der Waals surface area (Å²) in [7, 11) is -3.64. The molecule has 7 heteroatoms. The highest BCUT2D eigenvalue weighted by molar-refractivity contribution is 7.89. The smallest absolute Gasteiger partial charge is 0.266 e. The van der Waals surface area contributed by atoms with Crippen molar-refractivity contribution in [2.24, 2.45) is 0 Å². The number of hydrogen-bond donors (Lipinski definition) is 1. The molecule has 0 bridgehead atoms. The molecule has 112 valence electrons. The van der Waals surface area contributed by atoms with E-state index in [1.807, 2.05) is 29.8 Å². The average molecular weight is 315 g/mol. The second-order valence-corrected chi connectivity index (χ2v) is 6.79. The van der Waals surface area contributed by atoms with Gasteiger partial charge in [-0.3, -0.25) is 4.79 Å². The standard InChI is InChI=1S/C15H13N3O3S/c1-9-5-3-7-11-13(9)17-14-10(6-4-8-12(14)16-11)15(19)18-22(2,20)21/h3-8H,1-2H3,(H,18,19). The van der Waals surface area contributed by atoms with Gasteiger partial charge in [0.05, 0.1) is 28.4 Å². The minimum Gasteiger partial charge on any atom is -0.268 e. The van der Waals surface area contributed by atoms with Crippen molar-refractivity contribution in [3.05, 3.63) is 47.5 Å². The Balaban J connectivity index is 2.27. The number of fused-ring (bicyclic) bond motifs is 2. The normalized spacial score (nSPS) is 11.7. The Morgan fingerprint density at radius 3 is 2.32 bits per heavy atom. The van der Waals surface area contributed by atoms with Crippen LogP contribution in [0.15, 0.2) is 36.4 Å². The maximum atomic E-state index is 12.1. The van der Waals surface area contributed by atoms with Crippen LogP contribution in [0, 0.1) is 6.92 Å². The molecule has 3 rings (SSSR count). The molecule has 0 radical (unpaired) electrons. The third-order valence-corrected chi connectivity index (χ3v) is 3.77. The average Bonchev–Trinajstić information content (AvgIpc) is 2.43. The van der Waals surface area contributed by atoms with Crippen LogP contribution >= 0.6 is 0 Å². The predicted molar refractivity (Wildman–Crippen MR) is 84.1 cm³/mol. The van der Waals surface area contributed by atoms with Crippen molar-refractivity contribution < 1.29 is 13.2 Å². The van der Waals surface area contributed by atoms with E-state index >= 15 is 0 Å². The molecule has 0 saturated heterocycles. The number of carbonyl (C=O) groups excluding carboxylic acids is 1. The molecule has 22 heavy (non-hydrogen) atoms. The highest BCUT2D eigenvalue weighted by atomic mass is 32.2. The van der Waals surface area contributed by atoms with Crippen LogP contribution in [0.1, 0.15) is 15.9 Å². The first kappa shape index (κ1) is 14.4. The van der Waals surface area contributed by atoms with Gasteiger partial charge in [0.25, 0.3) is 5.91 Å². The summed E-state index contributed by atoms with van der Waals surface area (Å²) in [6.07, 6.45) is 0.932. The first-order chi connectivity index (χ1) is 10.3. The largest absolute Gasteiger partial charge is 0.268 e. The molecule has 0 atom stereocenters. The van der Waals surface area contributed by atoms with Crippen LogP contribution in [-0.2, 0) is 10.0 Å². The van der Waals surface area contributed by atoms with Crippen molar-refractivity contribution in [1.29, 1.82) is 0 Å². The Morgan fingerprint density at radius 1 is 1.00 bits per heavy atom. The van der Waals surface area contributed by atoms with Crippen molar-refractivity contribution in [3.63, 3.8) is 0 Å². The molecule has 1 heterocycles. The molecule has 0 saturated carbocycles. The van der Waals surface area contributed by atoms with E-state index in [0.717, 1.165) is 17.3 Å². The second kappa shape index (κ2) is 5.03. The van der Waals surface area contributed by atoms with E-state index in [4.69, 9.17) is 0 Å². The van der Waals surface area contributed by atoms with Gasteiger partial charge in [0.15, 0.2) is 0 Å². The number of hydrogen-bond acceptors (Lipinski definition) is 5. The lowest BCUT2D eigenvalue weighted by Crippen LogP contribution is -2.29. The van der Waals surface area contributed by atoms with E-state index in [1.54, 1.807) is 12.1 Å². The van der Waals surface area contributed by atoms with Gasteiger partial charge in [-0.25, -0.2) is 23.1 Å². The molecule has 3 aromatic rings. The summed E-state index contributed by atoms with van der Waals surface area (Å²) in [6, 6.07) is 10.6. The van der Waals surface area contributed by atoms with Gasteiger partial charge in [-0.15, -0.1) is 0 Å². The molecular formula is C15H13N3O3S. The van der Waals surface area contributed by atoms with Crippen LogP contribution in [0.25, 0.3) is 22.1 Å². The zero-order chi connectivity index (χ0) is 15.9. The lowest BCUT2D eigenvalue weighted by Gasteiger charge is -2.08. The number of nitrogens with one attached hydrogen (secondary N) is 1. The molecule has 2 aromatic carbocycles. The number of nitrogens with zero attached hydrogens (tertiary/aromatic N) is 2. The summed E-state index contributed by atoms with van der Waals surface area (Å²) in [5.41, 5.74) is 3.46. The Bertz CT molecular complexity index is 1010. The Morgan fingerprint density at radius 2 is 1.64 bits per heavy atom. The van der Waals surface area contributed by atoms with Crippen LogP contribution < -0.4 is 4.72 Å². The summed E-state index contributed by atoms with van der Waals surface area (Å²) < 4.78 is 24.5. The van der Waals surface area contributed by atoms with Crippen LogP contribution in [0.5, 0.6) is 0 Å². The number of amides is 1. The highest BCUT2D eigenvalue weighted by Crippen LogP contribution is 2.21. The monoisotopic (exact) mass is 315 g/mol. The molecule has 0 unspecified atom stereocenters. The van der Waals surface area contributed by atoms with Crippen molar-refractivity contribution in [3.8, 4) is 0 Å². The van der Waals surface area contributed by atoms with E-state index in [9.17, 15) is 13.2 Å². The maximum absolute atomic E-state index is 12.1. The van der Waals surface area contributed by atoms with Gasteiger partial charge in [0, 0.05) is 0 Å². The number of sulfonamides is 1. The highest BCUT2D eigenvalue weighted by Gasteiger charge is 2.16. The Hall–Kier alpha value is -2.54. The minimum atomic E-state index is -3.64. The number of carbonyl (C=O) groups is 1. The topological polar surface area (TPSA) is 89.0 Å². The van der Waals surface area contributed by atoms with Crippen LogP contribution in [0.3, 0.4) is 0 Å². The lowest BCUT2D eigenvalue weighted by atomic mass is 10.1. The first-order valence-electron chi connectivity index (χ1n) is 6.53. The number of para-hydroxylation sites is 2. The molecular weight excluding hydrogens is 302 g/mol. The van der Waals surface area contributed by atoms with E-state index in [1.165, 1.54) is 6.07 Å². The molecule has 1 N–H and O–H groups in total. The van der Waals surface area contributed by atoms with Gasteiger partial charge in [0.2, 0.25) is 10.0 Å². The number of benzene rings is 2. The van der Waals surface area contributed by atoms with Gasteiger partial charge in [-0.2, -0.15) is 0 Å². The summed E-state index contributed by atoms with van der Waals surface area (Å²) >= 11 is 0. The van der Waals surface area contributed by atoms with Gasteiger partial charge >= 0.3 is 0 Å². The maximum Gasteiger partial charge on any atom is 0.266 e. The molecule has 0 aliphatic carbocycles. The third kappa shape index (κ3) is 2.62. The molecule has 1 amide bonds. The van der Waals surface area contributed by atoms with Gasteiger partial charge in [0.1, 0.15) is 5.52 Å². The SMILES string of the molecule is Cc1cccc2nc3cccc(C(=O)NS(C)(=O)=O)c3nc12. The zero-order valence-electron chi connectivity index (χ0n) is 12.0. The number of aryl methyl sites for hydroxylation is 1. The summed E-state index contributed by atoms with van der Waals surface area (Å²) in [5, 5.41) is 0. The van der Waals surface area contributed by atoms with E-state index in [-0.39, 0.29) is 5.56 Å². The predicted octanol–water partition coefficient (Wildman–Crippen LogP) is 1.78. The molecule has 0 aliphatic rings. The van der Waals surface area contributed by atoms with E-state index in [0.29, 0.717) is 16.6 Å². The quantitative estimate of drug-likeness (QED) is 0.728. The van der Waals surface area contributed by atoms with Crippen LogP contribution in [0.2, 0.25) is 0 Å². The van der Waals surface area contributed by atoms with Crippen LogP contribution in [-0.4, -0.2) is 30.5 Å². The minimum absolute atomic E-state index is 0.181. The van der Waals surface area contributed by atoms with Crippen molar-refractivity contribution >= 4 is 38.0 Å². The van der Waals surface area contributed by atoms with Gasteiger partial charge in [-0.05, 0) is 30.7 Å². The zero-order valence-corrected chi connectivity index (χ0v) is 12.8. The number of aromatic nitrogens is 2. The number of rotatable bonds is 2. The first-order valence-corrected chi connectivity index (χ1v) is 8.42. The molecule has 0 spiro atoms. The molecule has 1 aromatic heterocycles. The second-order valence-electron chi connectivity index (χ2n) is 5.04. The molecule has 0 fully saturated rings. The lowest BCUT2D eigenvalue weighted by molar-refractivity contribution is 0.0983. The van der Waals surface area contributed by atoms with Gasteiger partial charge in [-0.1, -0.05) is 18.2 Å². The van der Waals surface area contributed by atoms with E-state index in [2.05, 4.69) is 9.97 Å². The third-order valence-electron chi connectivity index (χ3n) is 3.22. The van der Waals surface area contributed by atoms with Crippen LogP contribution in [0.4, 0.5) is 0 Å². The van der Waals surface area contributed by atoms with Crippen molar-refractivity contribution in [2.45, 2.75) is 6.92 Å². The Labute approximate surface area is 127 Å². The fourth-order valence-electron chi connectivity index (χ4n) is 2.27. The summed E-state index contributed by atoms with van der Waals surface area (Å²) in [5.74, 6) is -0.713. The fraction of sp³-hybridized carbons (Fsp3) is 0.133. The molecule has 6 nitrogen and oxygen atoms in total. The van der Waals surface area contributed by atoms with Crippen molar-refractivity contribution in [2.75, 3.05) is 6.26 Å². The fourth-order valence-corrected chi connectivity index (χ4v) is 2.71. The Kier molecular flexibility index (Phi) is 3.29.